The first kappa shape index (κ1) is 22.2. The zero-order valence-electron chi connectivity index (χ0n) is 17.1. The van der Waals surface area contributed by atoms with E-state index in [4.69, 9.17) is 4.74 Å². The SMILES string of the molecule is COc1ccc(S(=O)(=O)N[C@@H](C)C(=O)N2CCN(C(=O)C(C)(C)C)CC2)cc1. The second-order valence-electron chi connectivity index (χ2n) is 7.89. The summed E-state index contributed by atoms with van der Waals surface area (Å²) in [4.78, 5) is 28.4. The molecule has 0 spiro atoms. The average Bonchev–Trinajstić information content (AvgIpc) is 2.66. The van der Waals surface area contributed by atoms with E-state index in [1.54, 1.807) is 21.9 Å². The fourth-order valence-corrected chi connectivity index (χ4v) is 4.18. The van der Waals surface area contributed by atoms with Crippen molar-refractivity contribution in [2.45, 2.75) is 38.6 Å². The molecule has 0 radical (unpaired) electrons. The number of rotatable bonds is 5. The Bertz CT molecular complexity index is 807. The van der Waals surface area contributed by atoms with Crippen molar-refractivity contribution in [3.63, 3.8) is 0 Å². The molecule has 0 aliphatic carbocycles. The van der Waals surface area contributed by atoms with E-state index in [0.29, 0.717) is 31.9 Å². The summed E-state index contributed by atoms with van der Waals surface area (Å²) in [7, 11) is -2.33. The molecule has 1 fully saturated rings. The van der Waals surface area contributed by atoms with E-state index in [2.05, 4.69) is 4.72 Å². The van der Waals surface area contributed by atoms with E-state index in [-0.39, 0.29) is 16.7 Å². The maximum atomic E-state index is 12.7. The van der Waals surface area contributed by atoms with Gasteiger partial charge in [-0.1, -0.05) is 20.8 Å². The standard InChI is InChI=1S/C19H29N3O5S/c1-14(20-28(25,26)16-8-6-15(27-5)7-9-16)17(23)21-10-12-22(13-11-21)18(24)19(2,3)4/h6-9,14,20H,10-13H2,1-5H3/t14-/m0/s1. The average molecular weight is 412 g/mol. The first-order valence-corrected chi connectivity index (χ1v) is 10.7. The third-order valence-corrected chi connectivity index (χ3v) is 6.15. The molecule has 1 aliphatic rings. The number of nitrogens with zero attached hydrogens (tertiary/aromatic N) is 2. The van der Waals surface area contributed by atoms with Crippen LogP contribution in [-0.4, -0.2) is 69.4 Å². The first-order chi connectivity index (χ1) is 13.0. The van der Waals surface area contributed by atoms with Gasteiger partial charge in [0.15, 0.2) is 0 Å². The van der Waals surface area contributed by atoms with Crippen molar-refractivity contribution < 1.29 is 22.7 Å². The fraction of sp³-hybridized carbons (Fsp3) is 0.579. The van der Waals surface area contributed by atoms with Gasteiger partial charge in [-0.15, -0.1) is 0 Å². The molecular weight excluding hydrogens is 382 g/mol. The maximum Gasteiger partial charge on any atom is 0.241 e. The summed E-state index contributed by atoms with van der Waals surface area (Å²) in [5.41, 5.74) is -0.465. The lowest BCUT2D eigenvalue weighted by atomic mass is 9.94. The van der Waals surface area contributed by atoms with Crippen LogP contribution in [0.4, 0.5) is 0 Å². The Hall–Kier alpha value is -2.13. The lowest BCUT2D eigenvalue weighted by molar-refractivity contribution is -0.145. The molecule has 0 aromatic heterocycles. The Morgan fingerprint density at radius 2 is 1.54 bits per heavy atom. The van der Waals surface area contributed by atoms with E-state index < -0.39 is 21.5 Å². The van der Waals surface area contributed by atoms with E-state index in [0.717, 1.165) is 0 Å². The Morgan fingerprint density at radius 3 is 2.00 bits per heavy atom. The van der Waals surface area contributed by atoms with Crippen molar-refractivity contribution in [3.05, 3.63) is 24.3 Å². The highest BCUT2D eigenvalue weighted by atomic mass is 32.2. The summed E-state index contributed by atoms with van der Waals surface area (Å²) in [6.45, 7) is 8.77. The predicted molar refractivity (Wildman–Crippen MR) is 105 cm³/mol. The Balaban J connectivity index is 1.96. The second kappa shape index (κ2) is 8.48. The molecule has 156 valence electrons. The van der Waals surface area contributed by atoms with Crippen LogP contribution in [0.15, 0.2) is 29.2 Å². The summed E-state index contributed by atoms with van der Waals surface area (Å²) in [5.74, 6) is 0.290. The Labute approximate surface area is 166 Å². The van der Waals surface area contributed by atoms with Gasteiger partial charge in [0.2, 0.25) is 21.8 Å². The number of nitrogens with one attached hydrogen (secondary N) is 1. The molecule has 1 heterocycles. The van der Waals surface area contributed by atoms with Gasteiger partial charge < -0.3 is 14.5 Å². The lowest BCUT2D eigenvalue weighted by Gasteiger charge is -2.38. The zero-order valence-corrected chi connectivity index (χ0v) is 17.9. The molecule has 1 atom stereocenters. The smallest absolute Gasteiger partial charge is 0.241 e. The van der Waals surface area contributed by atoms with Crippen LogP contribution >= 0.6 is 0 Å². The van der Waals surface area contributed by atoms with E-state index in [9.17, 15) is 18.0 Å². The third-order valence-electron chi connectivity index (χ3n) is 4.59. The van der Waals surface area contributed by atoms with Crippen LogP contribution in [0, 0.1) is 5.41 Å². The van der Waals surface area contributed by atoms with Gasteiger partial charge in [0.1, 0.15) is 5.75 Å². The van der Waals surface area contributed by atoms with E-state index in [1.165, 1.54) is 26.2 Å². The normalized spacial score (nSPS) is 16.6. The van der Waals surface area contributed by atoms with Gasteiger partial charge in [-0.2, -0.15) is 4.72 Å². The minimum absolute atomic E-state index is 0.0489. The van der Waals surface area contributed by atoms with Crippen molar-refractivity contribution in [1.29, 1.82) is 0 Å². The summed E-state index contributed by atoms with van der Waals surface area (Å²) in [6.07, 6.45) is 0. The molecular formula is C19H29N3O5S. The van der Waals surface area contributed by atoms with Crippen LogP contribution in [0.25, 0.3) is 0 Å². The summed E-state index contributed by atoms with van der Waals surface area (Å²) >= 11 is 0. The highest BCUT2D eigenvalue weighted by molar-refractivity contribution is 7.89. The number of piperazine rings is 1. The molecule has 1 N–H and O–H groups in total. The maximum absolute atomic E-state index is 12.7. The molecule has 8 nitrogen and oxygen atoms in total. The van der Waals surface area contributed by atoms with Gasteiger partial charge in [-0.3, -0.25) is 9.59 Å². The van der Waals surface area contributed by atoms with Crippen LogP contribution < -0.4 is 9.46 Å². The number of hydrogen-bond donors (Lipinski definition) is 1. The zero-order chi connectivity index (χ0) is 21.1. The number of carbonyl (C=O) groups is 2. The quantitative estimate of drug-likeness (QED) is 0.782. The molecule has 1 aromatic carbocycles. The lowest BCUT2D eigenvalue weighted by Crippen LogP contribution is -2.56. The summed E-state index contributed by atoms with van der Waals surface area (Å²) in [6, 6.07) is 5.04. The van der Waals surface area contributed by atoms with Gasteiger partial charge in [0.05, 0.1) is 18.0 Å². The van der Waals surface area contributed by atoms with Crippen LogP contribution in [0.2, 0.25) is 0 Å². The molecule has 1 saturated heterocycles. The number of hydrogen-bond acceptors (Lipinski definition) is 5. The largest absolute Gasteiger partial charge is 0.497 e. The van der Waals surface area contributed by atoms with E-state index in [1.807, 2.05) is 20.8 Å². The van der Waals surface area contributed by atoms with Crippen molar-refractivity contribution in [2.24, 2.45) is 5.41 Å². The predicted octanol–water partition coefficient (Wildman–Crippen LogP) is 1.08. The summed E-state index contributed by atoms with van der Waals surface area (Å²) in [5, 5.41) is 0. The minimum Gasteiger partial charge on any atom is -0.497 e. The highest BCUT2D eigenvalue weighted by Gasteiger charge is 2.32. The van der Waals surface area contributed by atoms with Gasteiger partial charge in [0.25, 0.3) is 0 Å². The number of ether oxygens (including phenoxy) is 1. The number of methoxy groups -OCH3 is 1. The van der Waals surface area contributed by atoms with Crippen LogP contribution in [0.1, 0.15) is 27.7 Å². The number of carbonyl (C=O) groups excluding carboxylic acids is 2. The number of sulfonamides is 1. The van der Waals surface area contributed by atoms with Crippen molar-refractivity contribution in [2.75, 3.05) is 33.3 Å². The third kappa shape index (κ3) is 5.23. The van der Waals surface area contributed by atoms with Gasteiger partial charge in [0, 0.05) is 31.6 Å². The Morgan fingerprint density at radius 1 is 1.04 bits per heavy atom. The van der Waals surface area contributed by atoms with Crippen LogP contribution in [0.5, 0.6) is 5.75 Å². The molecule has 1 aliphatic heterocycles. The highest BCUT2D eigenvalue weighted by Crippen LogP contribution is 2.19. The van der Waals surface area contributed by atoms with Crippen molar-refractivity contribution in [3.8, 4) is 5.75 Å². The molecule has 2 amide bonds. The topological polar surface area (TPSA) is 96.0 Å². The molecule has 0 unspecified atom stereocenters. The monoisotopic (exact) mass is 411 g/mol. The van der Waals surface area contributed by atoms with Crippen molar-refractivity contribution >= 4 is 21.8 Å². The second-order valence-corrected chi connectivity index (χ2v) is 9.60. The van der Waals surface area contributed by atoms with Crippen LogP contribution in [0.3, 0.4) is 0 Å². The fourth-order valence-electron chi connectivity index (χ4n) is 2.98. The van der Waals surface area contributed by atoms with E-state index >= 15 is 0 Å². The number of amides is 2. The minimum atomic E-state index is -3.83. The molecule has 9 heteroatoms. The van der Waals surface area contributed by atoms with Crippen LogP contribution in [-0.2, 0) is 19.6 Å². The Kier molecular flexibility index (Phi) is 6.71. The number of benzene rings is 1. The first-order valence-electron chi connectivity index (χ1n) is 9.20. The molecule has 1 aromatic rings. The van der Waals surface area contributed by atoms with Gasteiger partial charge in [-0.05, 0) is 31.2 Å². The molecule has 0 saturated carbocycles. The molecule has 2 rings (SSSR count). The molecule has 0 bridgehead atoms. The van der Waals surface area contributed by atoms with Crippen molar-refractivity contribution in [1.82, 2.24) is 14.5 Å². The van der Waals surface area contributed by atoms with Gasteiger partial charge in [-0.25, -0.2) is 8.42 Å². The summed E-state index contributed by atoms with van der Waals surface area (Å²) < 4.78 is 32.5. The van der Waals surface area contributed by atoms with Gasteiger partial charge >= 0.3 is 0 Å². The molecule has 28 heavy (non-hydrogen) atoms.